The Bertz CT molecular complexity index is 835. The van der Waals surface area contributed by atoms with E-state index in [4.69, 9.17) is 16.3 Å². The zero-order valence-electron chi connectivity index (χ0n) is 17.6. The standard InChI is InChI=1S/C20H31ClN4O4S/c1-16(20(26)22-17-7-8-19(29-2)18(21)15-17)23-11-13-25(14-12-23)30(27,28)24-9-5-3-4-6-10-24/h7-8,15-16H,3-6,9-14H2,1-2H3,(H,22,26). The van der Waals surface area contributed by atoms with E-state index >= 15 is 0 Å². The molecule has 1 unspecified atom stereocenters. The first-order valence-electron chi connectivity index (χ1n) is 10.5. The molecule has 10 heteroatoms. The van der Waals surface area contributed by atoms with E-state index in [1.54, 1.807) is 26.8 Å². The van der Waals surface area contributed by atoms with E-state index in [0.717, 1.165) is 25.7 Å². The smallest absolute Gasteiger partial charge is 0.282 e. The van der Waals surface area contributed by atoms with Gasteiger partial charge in [-0.3, -0.25) is 9.69 Å². The summed E-state index contributed by atoms with van der Waals surface area (Å²) in [5.74, 6) is 0.393. The third-order valence-electron chi connectivity index (χ3n) is 5.84. The van der Waals surface area contributed by atoms with Crippen LogP contribution in [0.1, 0.15) is 32.6 Å². The number of carbonyl (C=O) groups is 1. The third kappa shape index (κ3) is 5.45. The number of hydrogen-bond acceptors (Lipinski definition) is 5. The van der Waals surface area contributed by atoms with E-state index in [9.17, 15) is 13.2 Å². The highest BCUT2D eigenvalue weighted by Crippen LogP contribution is 2.27. The monoisotopic (exact) mass is 458 g/mol. The number of halogens is 1. The number of methoxy groups -OCH3 is 1. The molecule has 168 valence electrons. The number of hydrogen-bond donors (Lipinski definition) is 1. The van der Waals surface area contributed by atoms with Crippen LogP contribution in [0.3, 0.4) is 0 Å². The van der Waals surface area contributed by atoms with E-state index in [1.807, 2.05) is 11.8 Å². The van der Waals surface area contributed by atoms with Gasteiger partial charge in [0.15, 0.2) is 0 Å². The summed E-state index contributed by atoms with van der Waals surface area (Å²) in [4.78, 5) is 14.7. The van der Waals surface area contributed by atoms with Crippen molar-refractivity contribution in [1.29, 1.82) is 0 Å². The van der Waals surface area contributed by atoms with E-state index in [-0.39, 0.29) is 11.9 Å². The second-order valence-corrected chi connectivity index (χ2v) is 10.1. The molecule has 1 N–H and O–H groups in total. The molecule has 1 aromatic carbocycles. The first-order valence-corrected chi connectivity index (χ1v) is 12.2. The lowest BCUT2D eigenvalue weighted by molar-refractivity contribution is -0.121. The summed E-state index contributed by atoms with van der Waals surface area (Å²) in [5.41, 5.74) is 0.597. The van der Waals surface area contributed by atoms with Crippen LogP contribution in [0.2, 0.25) is 5.02 Å². The van der Waals surface area contributed by atoms with Crippen molar-refractivity contribution in [3.8, 4) is 5.75 Å². The average molecular weight is 459 g/mol. The fourth-order valence-corrected chi connectivity index (χ4v) is 5.84. The number of piperazine rings is 1. The van der Waals surface area contributed by atoms with Crippen LogP contribution in [0.15, 0.2) is 18.2 Å². The van der Waals surface area contributed by atoms with Crippen LogP contribution in [-0.2, 0) is 15.0 Å². The molecule has 2 saturated heterocycles. The molecule has 0 radical (unpaired) electrons. The van der Waals surface area contributed by atoms with E-state index in [1.165, 1.54) is 7.11 Å². The summed E-state index contributed by atoms with van der Waals surface area (Å²) >= 11 is 6.12. The van der Waals surface area contributed by atoms with Crippen molar-refractivity contribution in [2.24, 2.45) is 0 Å². The Balaban J connectivity index is 1.54. The van der Waals surface area contributed by atoms with Crippen LogP contribution < -0.4 is 10.1 Å². The molecule has 2 aliphatic heterocycles. The highest BCUT2D eigenvalue weighted by Gasteiger charge is 2.34. The Labute approximate surface area is 184 Å². The number of anilines is 1. The quantitative estimate of drug-likeness (QED) is 0.707. The van der Waals surface area contributed by atoms with Gasteiger partial charge >= 0.3 is 0 Å². The molecule has 0 aliphatic carbocycles. The van der Waals surface area contributed by atoms with Crippen molar-refractivity contribution in [1.82, 2.24) is 13.5 Å². The summed E-state index contributed by atoms with van der Waals surface area (Å²) in [6.45, 7) is 4.86. The Morgan fingerprint density at radius 3 is 2.20 bits per heavy atom. The minimum atomic E-state index is -3.42. The predicted molar refractivity (Wildman–Crippen MR) is 118 cm³/mol. The molecular weight excluding hydrogens is 428 g/mol. The first-order chi connectivity index (χ1) is 14.3. The zero-order chi connectivity index (χ0) is 21.7. The maximum atomic E-state index is 13.0. The first kappa shape index (κ1) is 23.3. The molecule has 0 aromatic heterocycles. The number of nitrogens with one attached hydrogen (secondary N) is 1. The number of benzene rings is 1. The molecule has 2 heterocycles. The van der Waals surface area contributed by atoms with Crippen LogP contribution in [0.5, 0.6) is 5.75 Å². The Morgan fingerprint density at radius 1 is 1.03 bits per heavy atom. The second-order valence-electron chi connectivity index (χ2n) is 7.77. The Morgan fingerprint density at radius 2 is 1.63 bits per heavy atom. The topological polar surface area (TPSA) is 82.2 Å². The number of ether oxygens (including phenoxy) is 1. The normalized spacial score (nSPS) is 21.0. The van der Waals surface area contributed by atoms with Gasteiger partial charge in [-0.2, -0.15) is 17.0 Å². The van der Waals surface area contributed by atoms with Crippen molar-refractivity contribution in [2.75, 3.05) is 51.7 Å². The molecule has 1 atom stereocenters. The molecule has 3 rings (SSSR count). The van der Waals surface area contributed by atoms with E-state index in [0.29, 0.717) is 55.7 Å². The van der Waals surface area contributed by atoms with Crippen molar-refractivity contribution >= 4 is 33.4 Å². The number of amides is 1. The van der Waals surface area contributed by atoms with Gasteiger partial charge in [0.1, 0.15) is 5.75 Å². The summed E-state index contributed by atoms with van der Waals surface area (Å²) in [7, 11) is -1.89. The average Bonchev–Trinajstić information content (AvgIpc) is 3.03. The molecule has 0 spiro atoms. The molecule has 8 nitrogen and oxygen atoms in total. The summed E-state index contributed by atoms with van der Waals surface area (Å²) in [6, 6.07) is 4.71. The van der Waals surface area contributed by atoms with Crippen molar-refractivity contribution < 1.29 is 17.9 Å². The lowest BCUT2D eigenvalue weighted by Gasteiger charge is -2.38. The van der Waals surface area contributed by atoms with Gasteiger partial charge in [0.25, 0.3) is 10.2 Å². The lowest BCUT2D eigenvalue weighted by atomic mass is 10.2. The van der Waals surface area contributed by atoms with Crippen LogP contribution in [0.25, 0.3) is 0 Å². The second kappa shape index (κ2) is 10.3. The molecular formula is C20H31ClN4O4S. The molecule has 1 amide bonds. The number of nitrogens with zero attached hydrogens (tertiary/aromatic N) is 3. The van der Waals surface area contributed by atoms with Gasteiger partial charge in [0, 0.05) is 45.0 Å². The maximum absolute atomic E-state index is 13.0. The van der Waals surface area contributed by atoms with Gasteiger partial charge < -0.3 is 10.1 Å². The predicted octanol–water partition coefficient (Wildman–Crippen LogP) is 2.41. The van der Waals surface area contributed by atoms with Crippen molar-refractivity contribution in [3.05, 3.63) is 23.2 Å². The minimum absolute atomic E-state index is 0.153. The summed E-state index contributed by atoms with van der Waals surface area (Å²) < 4.78 is 34.2. The molecule has 0 saturated carbocycles. The highest BCUT2D eigenvalue weighted by atomic mass is 35.5. The van der Waals surface area contributed by atoms with Crippen LogP contribution in [-0.4, -0.2) is 80.3 Å². The molecule has 30 heavy (non-hydrogen) atoms. The minimum Gasteiger partial charge on any atom is -0.495 e. The van der Waals surface area contributed by atoms with Crippen LogP contribution in [0.4, 0.5) is 5.69 Å². The Hall–Kier alpha value is -1.39. The largest absolute Gasteiger partial charge is 0.495 e. The molecule has 2 fully saturated rings. The zero-order valence-corrected chi connectivity index (χ0v) is 19.2. The Kier molecular flexibility index (Phi) is 7.98. The van der Waals surface area contributed by atoms with E-state index < -0.39 is 10.2 Å². The summed E-state index contributed by atoms with van der Waals surface area (Å²) in [5, 5.41) is 3.30. The van der Waals surface area contributed by atoms with Crippen LogP contribution >= 0.6 is 11.6 Å². The van der Waals surface area contributed by atoms with Crippen molar-refractivity contribution in [3.63, 3.8) is 0 Å². The van der Waals surface area contributed by atoms with Gasteiger partial charge in [-0.25, -0.2) is 0 Å². The molecule has 1 aromatic rings. The van der Waals surface area contributed by atoms with Gasteiger partial charge in [-0.05, 0) is 38.0 Å². The fraction of sp³-hybridized carbons (Fsp3) is 0.650. The molecule has 2 aliphatic rings. The summed E-state index contributed by atoms with van der Waals surface area (Å²) in [6.07, 6.45) is 4.02. The van der Waals surface area contributed by atoms with E-state index in [2.05, 4.69) is 5.32 Å². The number of carbonyl (C=O) groups excluding carboxylic acids is 1. The fourth-order valence-electron chi connectivity index (χ4n) is 3.91. The molecule has 0 bridgehead atoms. The highest BCUT2D eigenvalue weighted by molar-refractivity contribution is 7.86. The third-order valence-corrected chi connectivity index (χ3v) is 8.17. The lowest BCUT2D eigenvalue weighted by Crippen LogP contribution is -2.56. The van der Waals surface area contributed by atoms with Gasteiger partial charge in [0.05, 0.1) is 18.2 Å². The maximum Gasteiger partial charge on any atom is 0.282 e. The number of rotatable bonds is 6. The van der Waals surface area contributed by atoms with Gasteiger partial charge in [-0.1, -0.05) is 24.4 Å². The van der Waals surface area contributed by atoms with Gasteiger partial charge in [-0.15, -0.1) is 0 Å². The van der Waals surface area contributed by atoms with Crippen LogP contribution in [0, 0.1) is 0 Å². The van der Waals surface area contributed by atoms with Crippen molar-refractivity contribution in [2.45, 2.75) is 38.6 Å². The van der Waals surface area contributed by atoms with Gasteiger partial charge in [0.2, 0.25) is 5.91 Å². The SMILES string of the molecule is COc1ccc(NC(=O)C(C)N2CCN(S(=O)(=O)N3CCCCCC3)CC2)cc1Cl.